The molecule has 0 N–H and O–H groups in total. The Balaban J connectivity index is 1.79. The van der Waals surface area contributed by atoms with Gasteiger partial charge in [-0.25, -0.2) is 4.79 Å². The van der Waals surface area contributed by atoms with Gasteiger partial charge in [-0.1, -0.05) is 54.6 Å². The van der Waals surface area contributed by atoms with Crippen molar-refractivity contribution in [2.45, 2.75) is 32.7 Å². The molecule has 0 bridgehead atoms. The summed E-state index contributed by atoms with van der Waals surface area (Å²) in [5, 5.41) is 0. The SMILES string of the molecule is CCOC(=O)C(=Cc1cccc(-c2ccccc2)c1)O[C@@H]1C=CC[C@@H](COC(C)=O)O1. The largest absolute Gasteiger partial charge is 0.463 e. The van der Waals surface area contributed by atoms with Gasteiger partial charge in [0.1, 0.15) is 6.61 Å². The Labute approximate surface area is 182 Å². The van der Waals surface area contributed by atoms with Crippen molar-refractivity contribution in [2.24, 2.45) is 0 Å². The molecule has 31 heavy (non-hydrogen) atoms. The molecule has 162 valence electrons. The van der Waals surface area contributed by atoms with E-state index in [2.05, 4.69) is 0 Å². The zero-order valence-corrected chi connectivity index (χ0v) is 17.7. The molecule has 0 fully saturated rings. The number of rotatable bonds is 8. The molecular weight excluding hydrogens is 396 g/mol. The standard InChI is InChI=1S/C25H26O6/c1-3-28-25(27)23(31-24-14-8-13-22(30-24)17-29-18(2)26)16-19-9-7-12-21(15-19)20-10-5-4-6-11-20/h4-12,14-16,22,24H,3,13,17H2,1-2H3/t22-,24+/m0/s1. The van der Waals surface area contributed by atoms with Crippen LogP contribution in [0, 0.1) is 0 Å². The molecule has 3 rings (SSSR count). The van der Waals surface area contributed by atoms with Crippen molar-refractivity contribution in [1.82, 2.24) is 0 Å². The molecule has 0 radical (unpaired) electrons. The molecule has 2 aromatic carbocycles. The first-order valence-electron chi connectivity index (χ1n) is 10.2. The van der Waals surface area contributed by atoms with Crippen LogP contribution in [0.15, 0.2) is 72.5 Å². The van der Waals surface area contributed by atoms with Crippen LogP contribution in [0.2, 0.25) is 0 Å². The van der Waals surface area contributed by atoms with E-state index >= 15 is 0 Å². The molecule has 1 aliphatic rings. The predicted molar refractivity (Wildman–Crippen MR) is 117 cm³/mol. The van der Waals surface area contributed by atoms with Gasteiger partial charge in [-0.15, -0.1) is 0 Å². The lowest BCUT2D eigenvalue weighted by Gasteiger charge is -2.26. The molecule has 2 aromatic rings. The van der Waals surface area contributed by atoms with Crippen molar-refractivity contribution >= 4 is 18.0 Å². The highest BCUT2D eigenvalue weighted by Gasteiger charge is 2.24. The molecule has 1 aliphatic heterocycles. The molecule has 0 amide bonds. The zero-order valence-electron chi connectivity index (χ0n) is 17.7. The third-order valence-corrected chi connectivity index (χ3v) is 4.50. The smallest absolute Gasteiger partial charge is 0.373 e. The zero-order chi connectivity index (χ0) is 22.1. The minimum atomic E-state index is -0.790. The number of carbonyl (C=O) groups is 2. The molecule has 2 atom stereocenters. The third-order valence-electron chi connectivity index (χ3n) is 4.50. The summed E-state index contributed by atoms with van der Waals surface area (Å²) in [4.78, 5) is 23.6. The van der Waals surface area contributed by atoms with Gasteiger partial charge in [-0.2, -0.15) is 0 Å². The first-order chi connectivity index (χ1) is 15.0. The van der Waals surface area contributed by atoms with E-state index in [0.29, 0.717) is 6.42 Å². The number of carbonyl (C=O) groups excluding carboxylic acids is 2. The van der Waals surface area contributed by atoms with E-state index < -0.39 is 12.3 Å². The van der Waals surface area contributed by atoms with Crippen LogP contribution in [-0.4, -0.2) is 37.5 Å². The summed E-state index contributed by atoms with van der Waals surface area (Å²) in [6.45, 7) is 3.42. The maximum Gasteiger partial charge on any atom is 0.373 e. The third kappa shape index (κ3) is 6.83. The highest BCUT2D eigenvalue weighted by molar-refractivity contribution is 5.91. The number of ether oxygens (including phenoxy) is 4. The maximum absolute atomic E-state index is 12.5. The van der Waals surface area contributed by atoms with Gasteiger partial charge >= 0.3 is 11.9 Å². The fourth-order valence-electron chi connectivity index (χ4n) is 3.08. The Morgan fingerprint density at radius 1 is 1.06 bits per heavy atom. The number of hydrogen-bond donors (Lipinski definition) is 0. The van der Waals surface area contributed by atoms with Crippen LogP contribution in [0.25, 0.3) is 17.2 Å². The van der Waals surface area contributed by atoms with Crippen LogP contribution in [0.3, 0.4) is 0 Å². The minimum absolute atomic E-state index is 0.0369. The minimum Gasteiger partial charge on any atom is -0.463 e. The van der Waals surface area contributed by atoms with Crippen molar-refractivity contribution < 1.29 is 28.5 Å². The molecule has 6 nitrogen and oxygen atoms in total. The van der Waals surface area contributed by atoms with Gasteiger partial charge in [-0.05, 0) is 48.3 Å². The summed E-state index contributed by atoms with van der Waals surface area (Å²) in [7, 11) is 0. The van der Waals surface area contributed by atoms with Gasteiger partial charge in [0.05, 0.1) is 12.7 Å². The average molecular weight is 422 g/mol. The molecule has 0 saturated carbocycles. The van der Waals surface area contributed by atoms with Crippen LogP contribution in [-0.2, 0) is 28.5 Å². The Bertz CT molecular complexity index is 947. The summed E-state index contributed by atoms with van der Waals surface area (Å²) >= 11 is 0. The monoisotopic (exact) mass is 422 g/mol. The van der Waals surface area contributed by atoms with Crippen LogP contribution in [0.4, 0.5) is 0 Å². The van der Waals surface area contributed by atoms with Crippen molar-refractivity contribution in [3.63, 3.8) is 0 Å². The van der Waals surface area contributed by atoms with Gasteiger partial charge in [0, 0.05) is 6.92 Å². The Morgan fingerprint density at radius 2 is 1.84 bits per heavy atom. The van der Waals surface area contributed by atoms with E-state index in [1.807, 2.05) is 60.7 Å². The second kappa shape index (κ2) is 11.1. The summed E-state index contributed by atoms with van der Waals surface area (Å²) in [5.41, 5.74) is 2.89. The highest BCUT2D eigenvalue weighted by atomic mass is 16.7. The lowest BCUT2D eigenvalue weighted by Crippen LogP contribution is -2.31. The molecule has 0 saturated heterocycles. The Hall–Kier alpha value is -3.38. The summed E-state index contributed by atoms with van der Waals surface area (Å²) < 4.78 is 21.8. The maximum atomic E-state index is 12.5. The molecular formula is C25H26O6. The van der Waals surface area contributed by atoms with E-state index in [1.54, 1.807) is 19.1 Å². The Kier molecular flexibility index (Phi) is 8.01. The van der Waals surface area contributed by atoms with Gasteiger partial charge in [-0.3, -0.25) is 4.79 Å². The predicted octanol–water partition coefficient (Wildman–Crippen LogP) is 4.51. The lowest BCUT2D eigenvalue weighted by atomic mass is 10.0. The number of benzene rings is 2. The van der Waals surface area contributed by atoms with Crippen molar-refractivity contribution in [3.8, 4) is 11.1 Å². The molecule has 6 heteroatoms. The number of esters is 2. The van der Waals surface area contributed by atoms with Gasteiger partial charge in [0.25, 0.3) is 0 Å². The van der Waals surface area contributed by atoms with Crippen LogP contribution in [0.1, 0.15) is 25.8 Å². The summed E-state index contributed by atoms with van der Waals surface area (Å²) in [6.07, 6.45) is 4.69. The van der Waals surface area contributed by atoms with Crippen LogP contribution in [0.5, 0.6) is 0 Å². The summed E-state index contributed by atoms with van der Waals surface area (Å²) in [6, 6.07) is 17.7. The van der Waals surface area contributed by atoms with Crippen LogP contribution < -0.4 is 0 Å². The molecule has 0 aromatic heterocycles. The van der Waals surface area contributed by atoms with Gasteiger partial charge in [0.2, 0.25) is 12.0 Å². The first-order valence-corrected chi connectivity index (χ1v) is 10.2. The van der Waals surface area contributed by atoms with Gasteiger partial charge < -0.3 is 18.9 Å². The van der Waals surface area contributed by atoms with Crippen LogP contribution >= 0.6 is 0 Å². The van der Waals surface area contributed by atoms with E-state index in [-0.39, 0.29) is 31.0 Å². The lowest BCUT2D eigenvalue weighted by molar-refractivity contribution is -0.167. The second-order valence-corrected chi connectivity index (χ2v) is 6.93. The topological polar surface area (TPSA) is 71.1 Å². The van der Waals surface area contributed by atoms with E-state index in [1.165, 1.54) is 6.92 Å². The fraction of sp³-hybridized carbons (Fsp3) is 0.280. The molecule has 1 heterocycles. The van der Waals surface area contributed by atoms with Crippen molar-refractivity contribution in [2.75, 3.05) is 13.2 Å². The average Bonchev–Trinajstić information content (AvgIpc) is 2.78. The quantitative estimate of drug-likeness (QED) is 0.270. The van der Waals surface area contributed by atoms with E-state index in [0.717, 1.165) is 16.7 Å². The molecule has 0 spiro atoms. The fourth-order valence-corrected chi connectivity index (χ4v) is 3.08. The summed E-state index contributed by atoms with van der Waals surface area (Å²) in [5.74, 6) is -0.914. The van der Waals surface area contributed by atoms with Crippen molar-refractivity contribution in [3.05, 3.63) is 78.1 Å². The normalized spacial score (nSPS) is 18.3. The molecule has 0 unspecified atom stereocenters. The highest BCUT2D eigenvalue weighted by Crippen LogP contribution is 2.23. The Morgan fingerprint density at radius 3 is 2.58 bits per heavy atom. The first kappa shape index (κ1) is 22.3. The number of hydrogen-bond acceptors (Lipinski definition) is 6. The van der Waals surface area contributed by atoms with E-state index in [9.17, 15) is 9.59 Å². The second-order valence-electron chi connectivity index (χ2n) is 6.93. The molecule has 0 aliphatic carbocycles. The van der Waals surface area contributed by atoms with Crippen molar-refractivity contribution in [1.29, 1.82) is 0 Å². The van der Waals surface area contributed by atoms with E-state index in [4.69, 9.17) is 18.9 Å². The van der Waals surface area contributed by atoms with Gasteiger partial charge in [0.15, 0.2) is 0 Å².